The molecule has 0 radical (unpaired) electrons. The molecule has 0 aliphatic rings. The Morgan fingerprint density at radius 1 is 1.25 bits per heavy atom. The first kappa shape index (κ1) is 14.2. The maximum absolute atomic E-state index is 13.6. The molecule has 0 saturated carbocycles. The van der Waals surface area contributed by atoms with Gasteiger partial charge in [0.2, 0.25) is 0 Å². The zero-order valence-corrected chi connectivity index (χ0v) is 11.4. The van der Waals surface area contributed by atoms with Crippen molar-refractivity contribution in [3.05, 3.63) is 65.7 Å². The lowest BCUT2D eigenvalue weighted by atomic mass is 10.1. The van der Waals surface area contributed by atoms with Crippen LogP contribution in [0.3, 0.4) is 0 Å². The van der Waals surface area contributed by atoms with E-state index in [1.807, 2.05) is 37.3 Å². The summed E-state index contributed by atoms with van der Waals surface area (Å²) in [5.41, 5.74) is 1.24. The fraction of sp³-hybridized carbons (Fsp3) is 0.250. The minimum atomic E-state index is -0.573. The summed E-state index contributed by atoms with van der Waals surface area (Å²) in [4.78, 5) is 17.6. The highest BCUT2D eigenvalue weighted by Crippen LogP contribution is 2.10. The molecule has 4 heteroatoms. The third-order valence-corrected chi connectivity index (χ3v) is 3.19. The summed E-state index contributed by atoms with van der Waals surface area (Å²) in [5.74, 6) is -0.862. The van der Waals surface area contributed by atoms with Gasteiger partial charge in [0.1, 0.15) is 0 Å². The number of pyridine rings is 1. The Bertz CT molecular complexity index is 572. The normalized spacial score (nSPS) is 10.3. The van der Waals surface area contributed by atoms with Crippen molar-refractivity contribution in [1.29, 1.82) is 0 Å². The monoisotopic (exact) mass is 272 g/mol. The molecule has 2 rings (SSSR count). The van der Waals surface area contributed by atoms with Crippen LogP contribution in [0.5, 0.6) is 0 Å². The van der Waals surface area contributed by atoms with Crippen LogP contribution in [0.2, 0.25) is 0 Å². The second kappa shape index (κ2) is 6.80. The molecule has 20 heavy (non-hydrogen) atoms. The van der Waals surface area contributed by atoms with Crippen LogP contribution in [0.25, 0.3) is 0 Å². The van der Waals surface area contributed by atoms with E-state index < -0.39 is 5.82 Å². The third-order valence-electron chi connectivity index (χ3n) is 3.19. The SMILES string of the molecule is CCN(CCc1ccccc1)C(=O)c1ccncc1F. The standard InChI is InChI=1S/C16H17FN2O/c1-2-19(11-9-13-6-4-3-5-7-13)16(20)14-8-10-18-12-15(14)17/h3-8,10,12H,2,9,11H2,1H3. The van der Waals surface area contributed by atoms with Crippen molar-refractivity contribution in [3.63, 3.8) is 0 Å². The average Bonchev–Trinajstić information content (AvgIpc) is 2.49. The van der Waals surface area contributed by atoms with E-state index in [-0.39, 0.29) is 11.5 Å². The molecular formula is C16H17FN2O. The van der Waals surface area contributed by atoms with E-state index in [0.29, 0.717) is 13.1 Å². The van der Waals surface area contributed by atoms with Gasteiger partial charge in [-0.3, -0.25) is 9.78 Å². The lowest BCUT2D eigenvalue weighted by molar-refractivity contribution is 0.0761. The largest absolute Gasteiger partial charge is 0.339 e. The number of halogens is 1. The third kappa shape index (κ3) is 3.41. The summed E-state index contributed by atoms with van der Waals surface area (Å²) in [6.45, 7) is 3.01. The van der Waals surface area contributed by atoms with E-state index in [0.717, 1.165) is 18.2 Å². The first-order valence-corrected chi connectivity index (χ1v) is 6.65. The number of carbonyl (C=O) groups excluding carboxylic acids is 1. The summed E-state index contributed by atoms with van der Waals surface area (Å²) in [6.07, 6.45) is 3.26. The highest BCUT2D eigenvalue weighted by atomic mass is 19.1. The number of nitrogens with zero attached hydrogens (tertiary/aromatic N) is 2. The van der Waals surface area contributed by atoms with Crippen LogP contribution in [-0.4, -0.2) is 28.9 Å². The second-order valence-electron chi connectivity index (χ2n) is 4.48. The van der Waals surface area contributed by atoms with E-state index >= 15 is 0 Å². The van der Waals surface area contributed by atoms with E-state index in [2.05, 4.69) is 4.98 Å². The van der Waals surface area contributed by atoms with Gasteiger partial charge in [0.25, 0.3) is 5.91 Å². The Balaban J connectivity index is 2.05. The Morgan fingerprint density at radius 3 is 2.65 bits per heavy atom. The van der Waals surface area contributed by atoms with Crippen molar-refractivity contribution in [1.82, 2.24) is 9.88 Å². The summed E-state index contributed by atoms with van der Waals surface area (Å²) in [6, 6.07) is 11.4. The Morgan fingerprint density at radius 2 is 2.00 bits per heavy atom. The summed E-state index contributed by atoms with van der Waals surface area (Å²) >= 11 is 0. The topological polar surface area (TPSA) is 33.2 Å². The van der Waals surface area contributed by atoms with Gasteiger partial charge in [-0.15, -0.1) is 0 Å². The Labute approximate surface area is 118 Å². The first-order valence-electron chi connectivity index (χ1n) is 6.65. The lowest BCUT2D eigenvalue weighted by Crippen LogP contribution is -2.33. The van der Waals surface area contributed by atoms with Gasteiger partial charge < -0.3 is 4.90 Å². The van der Waals surface area contributed by atoms with Crippen LogP contribution in [0, 0.1) is 5.82 Å². The van der Waals surface area contributed by atoms with Gasteiger partial charge in [-0.2, -0.15) is 0 Å². The molecule has 3 nitrogen and oxygen atoms in total. The number of hydrogen-bond acceptors (Lipinski definition) is 2. The second-order valence-corrected chi connectivity index (χ2v) is 4.48. The van der Waals surface area contributed by atoms with E-state index in [9.17, 15) is 9.18 Å². The first-order chi connectivity index (χ1) is 9.72. The molecule has 2 aromatic rings. The van der Waals surface area contributed by atoms with E-state index in [4.69, 9.17) is 0 Å². The van der Waals surface area contributed by atoms with Crippen LogP contribution in [0.15, 0.2) is 48.8 Å². The molecule has 0 aliphatic carbocycles. The molecule has 0 N–H and O–H groups in total. The number of aromatic nitrogens is 1. The van der Waals surface area contributed by atoms with Crippen molar-refractivity contribution in [2.75, 3.05) is 13.1 Å². The summed E-state index contributed by atoms with van der Waals surface area (Å²) < 4.78 is 13.6. The minimum Gasteiger partial charge on any atom is -0.339 e. The molecule has 104 valence electrons. The summed E-state index contributed by atoms with van der Waals surface area (Å²) in [5, 5.41) is 0. The predicted molar refractivity (Wildman–Crippen MR) is 75.9 cm³/mol. The minimum absolute atomic E-state index is 0.0786. The van der Waals surface area contributed by atoms with Gasteiger partial charge in [0, 0.05) is 19.3 Å². The van der Waals surface area contributed by atoms with Gasteiger partial charge in [-0.05, 0) is 25.0 Å². The molecule has 1 aromatic heterocycles. The number of amides is 1. The molecule has 1 amide bonds. The van der Waals surface area contributed by atoms with E-state index in [1.54, 1.807) is 4.90 Å². The quantitative estimate of drug-likeness (QED) is 0.838. The highest BCUT2D eigenvalue weighted by molar-refractivity contribution is 5.94. The van der Waals surface area contributed by atoms with E-state index in [1.165, 1.54) is 12.3 Å². The molecule has 0 aliphatic heterocycles. The Kier molecular flexibility index (Phi) is 4.82. The van der Waals surface area contributed by atoms with Crippen molar-refractivity contribution in [3.8, 4) is 0 Å². The van der Waals surface area contributed by atoms with Gasteiger partial charge >= 0.3 is 0 Å². The van der Waals surface area contributed by atoms with Crippen LogP contribution < -0.4 is 0 Å². The maximum Gasteiger partial charge on any atom is 0.256 e. The molecule has 0 unspecified atom stereocenters. The highest BCUT2D eigenvalue weighted by Gasteiger charge is 2.17. The predicted octanol–water partition coefficient (Wildman–Crippen LogP) is 2.93. The summed E-state index contributed by atoms with van der Waals surface area (Å²) in [7, 11) is 0. The van der Waals surface area contributed by atoms with Crippen LogP contribution in [0.4, 0.5) is 4.39 Å². The molecule has 1 heterocycles. The number of hydrogen-bond donors (Lipinski definition) is 0. The average molecular weight is 272 g/mol. The lowest BCUT2D eigenvalue weighted by Gasteiger charge is -2.21. The van der Waals surface area contributed by atoms with Crippen LogP contribution >= 0.6 is 0 Å². The molecule has 0 atom stereocenters. The number of carbonyl (C=O) groups is 1. The molecule has 0 bridgehead atoms. The number of rotatable bonds is 5. The van der Waals surface area contributed by atoms with Gasteiger partial charge in [-0.25, -0.2) is 4.39 Å². The Hall–Kier alpha value is -2.23. The smallest absolute Gasteiger partial charge is 0.256 e. The van der Waals surface area contributed by atoms with Crippen molar-refractivity contribution in [2.24, 2.45) is 0 Å². The van der Waals surface area contributed by atoms with Gasteiger partial charge in [0.15, 0.2) is 5.82 Å². The van der Waals surface area contributed by atoms with Crippen LogP contribution in [-0.2, 0) is 6.42 Å². The zero-order valence-electron chi connectivity index (χ0n) is 11.4. The van der Waals surface area contributed by atoms with Crippen LogP contribution in [0.1, 0.15) is 22.8 Å². The molecule has 0 spiro atoms. The number of benzene rings is 1. The van der Waals surface area contributed by atoms with Crippen molar-refractivity contribution < 1.29 is 9.18 Å². The van der Waals surface area contributed by atoms with Crippen molar-refractivity contribution >= 4 is 5.91 Å². The van der Waals surface area contributed by atoms with Crippen molar-refractivity contribution in [2.45, 2.75) is 13.3 Å². The maximum atomic E-state index is 13.6. The molecule has 1 aromatic carbocycles. The zero-order chi connectivity index (χ0) is 14.4. The molecular weight excluding hydrogens is 255 g/mol. The van der Waals surface area contributed by atoms with Gasteiger partial charge in [0.05, 0.1) is 11.8 Å². The molecule has 0 saturated heterocycles. The fourth-order valence-electron chi connectivity index (χ4n) is 2.03. The molecule has 0 fully saturated rings. The number of likely N-dealkylation sites (N-methyl/N-ethyl adjacent to an activating group) is 1. The fourth-order valence-corrected chi connectivity index (χ4v) is 2.03. The van der Waals surface area contributed by atoms with Gasteiger partial charge in [-0.1, -0.05) is 30.3 Å².